The van der Waals surface area contributed by atoms with Gasteiger partial charge in [0, 0.05) is 16.7 Å². The quantitative estimate of drug-likeness (QED) is 0.165. The molecule has 0 saturated heterocycles. The van der Waals surface area contributed by atoms with Crippen LogP contribution in [0.4, 0.5) is 0 Å². The van der Waals surface area contributed by atoms with Crippen molar-refractivity contribution in [3.63, 3.8) is 0 Å². The third-order valence-electron chi connectivity index (χ3n) is 10.6. The number of hydrogen-bond acceptors (Lipinski definition) is 3. The Hall–Kier alpha value is -7.49. The molecule has 0 amide bonds. The fourth-order valence-corrected chi connectivity index (χ4v) is 7.84. The summed E-state index contributed by atoms with van der Waals surface area (Å²) in [5, 5.41) is 4.87. The van der Waals surface area contributed by atoms with Gasteiger partial charge in [0.25, 0.3) is 0 Å². The van der Waals surface area contributed by atoms with Gasteiger partial charge in [-0.25, -0.2) is 15.0 Å². The molecular formula is C53H35N3. The van der Waals surface area contributed by atoms with Crippen molar-refractivity contribution >= 4 is 21.5 Å². The molecule has 0 saturated carbocycles. The summed E-state index contributed by atoms with van der Waals surface area (Å²) in [5.74, 6) is 1.88. The van der Waals surface area contributed by atoms with Gasteiger partial charge in [0.1, 0.15) is 0 Å². The Morgan fingerprint density at radius 3 is 1.32 bits per heavy atom. The van der Waals surface area contributed by atoms with Gasteiger partial charge in [-0.15, -0.1) is 0 Å². The minimum Gasteiger partial charge on any atom is -0.208 e. The van der Waals surface area contributed by atoms with Gasteiger partial charge in [0.15, 0.2) is 17.5 Å². The van der Waals surface area contributed by atoms with Gasteiger partial charge in [-0.2, -0.15) is 0 Å². The smallest absolute Gasteiger partial charge is 0.164 e. The predicted octanol–water partition coefficient (Wildman–Crippen LogP) is 13.8. The molecule has 3 heteroatoms. The van der Waals surface area contributed by atoms with Gasteiger partial charge < -0.3 is 0 Å². The van der Waals surface area contributed by atoms with Crippen LogP contribution in [0.5, 0.6) is 0 Å². The Morgan fingerprint density at radius 1 is 0.214 bits per heavy atom. The molecule has 262 valence electrons. The van der Waals surface area contributed by atoms with Crippen molar-refractivity contribution in [2.45, 2.75) is 0 Å². The maximum Gasteiger partial charge on any atom is 0.164 e. The number of aromatic nitrogens is 3. The van der Waals surface area contributed by atoms with E-state index in [-0.39, 0.29) is 0 Å². The average Bonchev–Trinajstić information content (AvgIpc) is 3.29. The molecule has 1 aromatic heterocycles. The number of fused-ring (bicyclic) bond motifs is 2. The third kappa shape index (κ3) is 6.21. The maximum absolute atomic E-state index is 5.21. The first-order valence-electron chi connectivity index (χ1n) is 18.9. The summed E-state index contributed by atoms with van der Waals surface area (Å²) < 4.78 is 0. The van der Waals surface area contributed by atoms with Crippen LogP contribution in [0.1, 0.15) is 0 Å². The Morgan fingerprint density at radius 2 is 0.607 bits per heavy atom. The van der Waals surface area contributed by atoms with Crippen LogP contribution < -0.4 is 0 Å². The summed E-state index contributed by atoms with van der Waals surface area (Å²) in [7, 11) is 0. The molecule has 0 fully saturated rings. The lowest BCUT2D eigenvalue weighted by atomic mass is 9.92. The van der Waals surface area contributed by atoms with E-state index in [9.17, 15) is 0 Å². The lowest BCUT2D eigenvalue weighted by Gasteiger charge is -2.14. The summed E-state index contributed by atoms with van der Waals surface area (Å²) >= 11 is 0. The van der Waals surface area contributed by atoms with Crippen LogP contribution in [0.2, 0.25) is 0 Å². The van der Waals surface area contributed by atoms with E-state index < -0.39 is 0 Å². The second kappa shape index (κ2) is 14.4. The zero-order valence-corrected chi connectivity index (χ0v) is 30.5. The fraction of sp³-hybridized carbons (Fsp3) is 0. The summed E-state index contributed by atoms with van der Waals surface area (Å²) in [6.07, 6.45) is 0. The molecule has 0 bridgehead atoms. The van der Waals surface area contributed by atoms with E-state index in [0.717, 1.165) is 44.5 Å². The highest BCUT2D eigenvalue weighted by Gasteiger charge is 2.17. The van der Waals surface area contributed by atoms with Crippen LogP contribution in [0, 0.1) is 0 Å². The van der Waals surface area contributed by atoms with Crippen molar-refractivity contribution in [1.82, 2.24) is 15.0 Å². The molecule has 0 aliphatic heterocycles. The van der Waals surface area contributed by atoms with E-state index in [2.05, 4.69) is 206 Å². The van der Waals surface area contributed by atoms with Crippen molar-refractivity contribution < 1.29 is 0 Å². The molecule has 0 radical (unpaired) electrons. The number of hydrogen-bond donors (Lipinski definition) is 0. The fourth-order valence-electron chi connectivity index (χ4n) is 7.84. The van der Waals surface area contributed by atoms with Gasteiger partial charge in [-0.05, 0) is 72.1 Å². The zero-order chi connectivity index (χ0) is 37.3. The molecule has 0 N–H and O–H groups in total. The van der Waals surface area contributed by atoms with E-state index in [1.54, 1.807) is 0 Å². The van der Waals surface area contributed by atoms with Crippen LogP contribution >= 0.6 is 0 Å². The van der Waals surface area contributed by atoms with Crippen molar-refractivity contribution in [1.29, 1.82) is 0 Å². The minimum absolute atomic E-state index is 0.623. The normalized spacial score (nSPS) is 11.2. The van der Waals surface area contributed by atoms with Crippen molar-refractivity contribution in [3.05, 3.63) is 212 Å². The Bertz CT molecular complexity index is 3000. The van der Waals surface area contributed by atoms with E-state index in [4.69, 9.17) is 15.0 Å². The largest absolute Gasteiger partial charge is 0.208 e. The van der Waals surface area contributed by atoms with Crippen molar-refractivity contribution in [2.75, 3.05) is 0 Å². The van der Waals surface area contributed by atoms with E-state index >= 15 is 0 Å². The first-order chi connectivity index (χ1) is 27.8. The highest BCUT2D eigenvalue weighted by Crippen LogP contribution is 2.38. The second-order valence-electron chi connectivity index (χ2n) is 14.0. The van der Waals surface area contributed by atoms with Crippen LogP contribution in [0.15, 0.2) is 212 Å². The molecule has 0 aliphatic carbocycles. The van der Waals surface area contributed by atoms with Gasteiger partial charge >= 0.3 is 0 Å². The molecule has 56 heavy (non-hydrogen) atoms. The predicted molar refractivity (Wildman–Crippen MR) is 233 cm³/mol. The molecule has 0 atom stereocenters. The molecule has 3 nitrogen and oxygen atoms in total. The first-order valence-corrected chi connectivity index (χ1v) is 18.9. The topological polar surface area (TPSA) is 38.7 Å². The number of benzene rings is 9. The van der Waals surface area contributed by atoms with Gasteiger partial charge in [-0.3, -0.25) is 0 Å². The van der Waals surface area contributed by atoms with Crippen LogP contribution in [-0.4, -0.2) is 15.0 Å². The molecule has 9 aromatic carbocycles. The minimum atomic E-state index is 0.623. The van der Waals surface area contributed by atoms with Gasteiger partial charge in [0.05, 0.1) is 0 Å². The molecule has 10 aromatic rings. The SMILES string of the molecule is c1ccc(-c2ccccc2-c2nc(-c3ccc(-c4cccc5ccccc45)cc3)nc(-c3cccc(-c4cccc5c(-c6ccccc6)cccc45)c3)n2)cc1. The molecule has 0 spiro atoms. The molecule has 0 aliphatic rings. The lowest BCUT2D eigenvalue weighted by Crippen LogP contribution is -2.01. The average molecular weight is 714 g/mol. The molecular weight excluding hydrogens is 679 g/mol. The lowest BCUT2D eigenvalue weighted by molar-refractivity contribution is 1.07. The Kier molecular flexibility index (Phi) is 8.51. The second-order valence-corrected chi connectivity index (χ2v) is 14.0. The van der Waals surface area contributed by atoms with E-state index in [0.29, 0.717) is 17.5 Å². The highest BCUT2D eigenvalue weighted by atomic mass is 15.0. The maximum atomic E-state index is 5.21. The zero-order valence-electron chi connectivity index (χ0n) is 30.5. The number of rotatable bonds is 7. The Balaban J connectivity index is 1.11. The molecule has 1 heterocycles. The van der Waals surface area contributed by atoms with Gasteiger partial charge in [0.2, 0.25) is 0 Å². The Labute approximate surface area is 326 Å². The standard InChI is InChI=1S/C53H35N3/c1-3-15-36(16-4-1)45-27-13-30-49-47(28-14-29-48(45)49)41-21-11-22-42(35-41)52-54-51(55-53(56-52)50-25-10-9-24-46(50)37-17-5-2-6-18-37)40-33-31-39(32-34-40)44-26-12-20-38-19-7-8-23-43(38)44/h1-35H. The molecule has 10 rings (SSSR count). The third-order valence-corrected chi connectivity index (χ3v) is 10.6. The van der Waals surface area contributed by atoms with Crippen molar-refractivity contribution in [2.24, 2.45) is 0 Å². The summed E-state index contributed by atoms with van der Waals surface area (Å²) in [6.45, 7) is 0. The summed E-state index contributed by atoms with van der Waals surface area (Å²) in [6, 6.07) is 74.7. The number of nitrogens with zero attached hydrogens (tertiary/aromatic N) is 3. The highest BCUT2D eigenvalue weighted by molar-refractivity contribution is 6.04. The van der Waals surface area contributed by atoms with Crippen LogP contribution in [0.25, 0.3) is 100 Å². The molecule has 0 unspecified atom stereocenters. The summed E-state index contributed by atoms with van der Waals surface area (Å²) in [5.41, 5.74) is 12.0. The van der Waals surface area contributed by atoms with Crippen molar-refractivity contribution in [3.8, 4) is 78.7 Å². The summed E-state index contributed by atoms with van der Waals surface area (Å²) in [4.78, 5) is 15.6. The monoisotopic (exact) mass is 713 g/mol. The first kappa shape index (κ1) is 33.1. The van der Waals surface area contributed by atoms with Crippen LogP contribution in [-0.2, 0) is 0 Å². The van der Waals surface area contributed by atoms with E-state index in [1.807, 2.05) is 6.07 Å². The van der Waals surface area contributed by atoms with Gasteiger partial charge in [-0.1, -0.05) is 206 Å². The van der Waals surface area contributed by atoms with Crippen LogP contribution in [0.3, 0.4) is 0 Å². The van der Waals surface area contributed by atoms with E-state index in [1.165, 1.54) is 38.2 Å².